The normalized spacial score (nSPS) is 8.29. The molecule has 4 nitrogen and oxygen atoms in total. The van der Waals surface area contributed by atoms with Crippen LogP contribution in [-0.4, -0.2) is 113 Å². The Labute approximate surface area is 120 Å². The summed E-state index contributed by atoms with van der Waals surface area (Å²) in [7, 11) is -5.17. The second-order valence-electron chi connectivity index (χ2n) is 0.408. The molecule has 0 aromatic carbocycles. The van der Waals surface area contributed by atoms with Crippen molar-refractivity contribution in [1.29, 1.82) is 0 Å². The third-order valence-corrected chi connectivity index (χ3v) is 0. The van der Waals surface area contributed by atoms with Crippen LogP contribution in [0, 0.1) is 0 Å². The number of rotatable bonds is 0. The van der Waals surface area contributed by atoms with E-state index in [1.807, 2.05) is 0 Å². The van der Waals surface area contributed by atoms with Crippen molar-refractivity contribution in [1.82, 2.24) is 0 Å². The molecule has 0 aromatic rings. The summed E-state index contributed by atoms with van der Waals surface area (Å²) in [6, 6.07) is 0. The summed E-state index contributed by atoms with van der Waals surface area (Å²) >= 11 is 0. The Morgan fingerprint density at radius 3 is 1.14 bits per heavy atom. The van der Waals surface area contributed by atoms with Gasteiger partial charge in [0.25, 0.3) is 0 Å². The molecule has 0 bridgehead atoms. The molecule has 0 rings (SSSR count). The van der Waals surface area contributed by atoms with E-state index in [4.69, 9.17) is 17.5 Å². The molecule has 0 fully saturated rings. The van der Waals surface area contributed by atoms with E-state index < -0.39 is 10.4 Å². The molecule has 0 saturated heterocycles. The minimum atomic E-state index is -5.17. The number of hydrogen-bond donors (Lipinski definition) is 0. The monoisotopic (exact) mass is 222 g/mol. The van der Waals surface area contributed by atoms with Crippen molar-refractivity contribution in [2.24, 2.45) is 0 Å². The van der Waals surface area contributed by atoms with Crippen LogP contribution >= 0.6 is 0 Å². The fourth-order valence-electron chi connectivity index (χ4n) is 0. The van der Waals surface area contributed by atoms with Crippen molar-refractivity contribution < 1.29 is 17.5 Å². The Kier molecular flexibility index (Phi) is 16.6. The van der Waals surface area contributed by atoms with E-state index in [1.54, 1.807) is 0 Å². The Morgan fingerprint density at radius 2 is 1.14 bits per heavy atom. The fraction of sp³-hybridized carbons (Fsp3) is 0. The summed E-state index contributed by atoms with van der Waals surface area (Å²) in [6.07, 6.45) is 0. The Balaban J connectivity index is -0.0000000800. The van der Waals surface area contributed by atoms with Crippen molar-refractivity contribution in [2.75, 3.05) is 0 Å². The predicted molar refractivity (Wildman–Crippen MR) is 23.4 cm³/mol. The summed E-state index contributed by atoms with van der Waals surface area (Å²) in [5.74, 6) is 0. The maximum atomic E-state index is 8.52. The van der Waals surface area contributed by atoms with Crippen LogP contribution in [-0.2, 0) is 10.4 Å². The van der Waals surface area contributed by atoms with Crippen LogP contribution in [0.3, 0.4) is 0 Å². The van der Waals surface area contributed by atoms with E-state index >= 15 is 0 Å². The van der Waals surface area contributed by atoms with Gasteiger partial charge in [0.15, 0.2) is 0 Å². The molecule has 0 amide bonds. The first kappa shape index (κ1) is 16.5. The van der Waals surface area contributed by atoms with Gasteiger partial charge in [0.05, 0.1) is 0 Å². The molecule has 0 aliphatic carbocycles. The van der Waals surface area contributed by atoms with Gasteiger partial charge in [-0.15, -0.1) is 0 Å². The van der Waals surface area contributed by atoms with Gasteiger partial charge in [0.1, 0.15) is 0 Å². The van der Waals surface area contributed by atoms with Crippen LogP contribution in [0.5, 0.6) is 0 Å². The van der Waals surface area contributed by atoms with Crippen molar-refractivity contribution in [3.05, 3.63) is 0 Å². The first-order valence-electron chi connectivity index (χ1n) is 0.667. The molecule has 0 unspecified atom stereocenters. The van der Waals surface area contributed by atoms with Gasteiger partial charge in [-0.2, -0.15) is 0 Å². The van der Waals surface area contributed by atoms with E-state index in [9.17, 15) is 0 Å². The fourth-order valence-corrected chi connectivity index (χ4v) is 0. The Hall–Kier alpha value is 2.93. The van der Waals surface area contributed by atoms with Gasteiger partial charge in [-0.25, -0.2) is 0 Å². The van der Waals surface area contributed by atoms with E-state index in [-0.39, 0.29) is 95.9 Å². The molecule has 0 atom stereocenters. The first-order chi connectivity index (χ1) is 2.00. The van der Waals surface area contributed by atoms with E-state index in [0.717, 1.165) is 0 Å². The molecule has 7 heavy (non-hydrogen) atoms. The third-order valence-electron chi connectivity index (χ3n) is 0. The topological polar surface area (TPSA) is 80.3 Å². The van der Waals surface area contributed by atoms with Crippen molar-refractivity contribution in [3.63, 3.8) is 0 Å². The van der Waals surface area contributed by atoms with Gasteiger partial charge in [0, 0.05) is 10.4 Å². The molecular formula is HCaO4RbS. The second kappa shape index (κ2) is 7.05. The molecule has 0 aliphatic heterocycles. The SMILES string of the molecule is O=S(=O)([O-])[O-].[Ca+2].[RbH]. The average Bonchev–Trinajstić information content (AvgIpc) is 0.722. The van der Waals surface area contributed by atoms with Crippen LogP contribution < -0.4 is 0 Å². The summed E-state index contributed by atoms with van der Waals surface area (Å²) in [4.78, 5) is 0. The molecule has 0 N–H and O–H groups in total. The van der Waals surface area contributed by atoms with Crippen molar-refractivity contribution in [3.8, 4) is 0 Å². The average molecular weight is 223 g/mol. The number of hydrogen-bond acceptors (Lipinski definition) is 4. The standard InChI is InChI=1S/Ca.H2O4S.Rb.H/c;1-5(2,3)4;;/h;(H2,1,2,3,4);;/q+2;;;/p-2. The summed E-state index contributed by atoms with van der Waals surface area (Å²) < 4.78 is 34.1. The zero-order valence-electron chi connectivity index (χ0n) is 2.75. The van der Waals surface area contributed by atoms with Crippen LogP contribution in [0.25, 0.3) is 0 Å². The maximum absolute atomic E-state index is 8.52. The van der Waals surface area contributed by atoms with Gasteiger partial charge in [0.2, 0.25) is 0 Å². The first-order valence-corrected chi connectivity index (χ1v) is 2.00. The van der Waals surface area contributed by atoms with Gasteiger partial charge in [-0.3, -0.25) is 8.42 Å². The molecule has 0 aliphatic rings. The molecule has 0 heterocycles. The van der Waals surface area contributed by atoms with Gasteiger partial charge >= 0.3 is 95.9 Å². The molecule has 0 spiro atoms. The molecule has 0 saturated carbocycles. The summed E-state index contributed by atoms with van der Waals surface area (Å²) in [5, 5.41) is 0. The van der Waals surface area contributed by atoms with Crippen LogP contribution in [0.2, 0.25) is 0 Å². The second-order valence-corrected chi connectivity index (χ2v) is 1.22. The summed E-state index contributed by atoms with van der Waals surface area (Å²) in [6.45, 7) is 0. The minimum absolute atomic E-state index is 0. The van der Waals surface area contributed by atoms with E-state index in [0.29, 0.717) is 0 Å². The quantitative estimate of drug-likeness (QED) is 0.261. The molecule has 34 valence electrons. The van der Waals surface area contributed by atoms with Gasteiger partial charge in [-0.1, -0.05) is 0 Å². The Morgan fingerprint density at radius 1 is 1.14 bits per heavy atom. The van der Waals surface area contributed by atoms with E-state index in [1.165, 1.54) is 0 Å². The van der Waals surface area contributed by atoms with E-state index in [2.05, 4.69) is 0 Å². The van der Waals surface area contributed by atoms with Crippen molar-refractivity contribution >= 4 is 106 Å². The Bertz CT molecular complexity index is 94.9. The molecular weight excluding hydrogens is 222 g/mol. The zero-order valence-corrected chi connectivity index (χ0v) is 5.77. The van der Waals surface area contributed by atoms with Crippen LogP contribution in [0.1, 0.15) is 0 Å². The van der Waals surface area contributed by atoms with Gasteiger partial charge < -0.3 is 9.11 Å². The zero-order chi connectivity index (χ0) is 4.50. The molecule has 0 aromatic heterocycles. The predicted octanol–water partition coefficient (Wildman–Crippen LogP) is -2.37. The molecule has 0 radical (unpaired) electrons. The summed E-state index contributed by atoms with van der Waals surface area (Å²) in [5.41, 5.74) is 0. The van der Waals surface area contributed by atoms with Crippen LogP contribution in [0.4, 0.5) is 0 Å². The van der Waals surface area contributed by atoms with Crippen molar-refractivity contribution in [2.45, 2.75) is 0 Å². The van der Waals surface area contributed by atoms with Gasteiger partial charge in [-0.05, 0) is 0 Å². The molecule has 7 heteroatoms. The van der Waals surface area contributed by atoms with Crippen LogP contribution in [0.15, 0.2) is 0 Å². The third kappa shape index (κ3) is 49.9.